The summed E-state index contributed by atoms with van der Waals surface area (Å²) in [6.45, 7) is 1.67. The molecule has 0 radical (unpaired) electrons. The van der Waals surface area contributed by atoms with Crippen LogP contribution in [0.15, 0.2) is 48.8 Å². The van der Waals surface area contributed by atoms with Gasteiger partial charge in [0.2, 0.25) is 0 Å². The van der Waals surface area contributed by atoms with E-state index in [0.29, 0.717) is 21.5 Å². The number of esters is 1. The maximum atomic E-state index is 12.0. The van der Waals surface area contributed by atoms with Crippen LogP contribution in [0.25, 0.3) is 5.65 Å². The molecule has 124 valence electrons. The summed E-state index contributed by atoms with van der Waals surface area (Å²) in [6, 6.07) is 10.4. The third-order valence-corrected chi connectivity index (χ3v) is 3.73. The number of nitrogens with zero attached hydrogens (tertiary/aromatic N) is 2. The fourth-order valence-electron chi connectivity index (χ4n) is 2.14. The normalized spacial score (nSPS) is 12.1. The van der Waals surface area contributed by atoms with Crippen LogP contribution >= 0.6 is 23.2 Å². The van der Waals surface area contributed by atoms with E-state index in [-0.39, 0.29) is 6.61 Å². The number of benzene rings is 1. The Morgan fingerprint density at radius 3 is 2.83 bits per heavy atom. The van der Waals surface area contributed by atoms with Gasteiger partial charge in [-0.2, -0.15) is 0 Å². The van der Waals surface area contributed by atoms with Gasteiger partial charge < -0.3 is 13.9 Å². The largest absolute Gasteiger partial charge is 0.479 e. The summed E-state index contributed by atoms with van der Waals surface area (Å²) in [4.78, 5) is 16.4. The van der Waals surface area contributed by atoms with Crippen LogP contribution in [-0.4, -0.2) is 21.5 Å². The van der Waals surface area contributed by atoms with Crippen molar-refractivity contribution in [2.24, 2.45) is 0 Å². The summed E-state index contributed by atoms with van der Waals surface area (Å²) in [5.41, 5.74) is 1.36. The third kappa shape index (κ3) is 3.99. The van der Waals surface area contributed by atoms with E-state index in [2.05, 4.69) is 4.98 Å². The molecule has 3 aromatic rings. The lowest BCUT2D eigenvalue weighted by Crippen LogP contribution is -2.26. The number of fused-ring (bicyclic) bond motifs is 1. The second-order valence-electron chi connectivity index (χ2n) is 5.17. The number of ether oxygens (including phenoxy) is 2. The molecule has 3 rings (SSSR count). The van der Waals surface area contributed by atoms with Crippen molar-refractivity contribution in [2.45, 2.75) is 19.6 Å². The number of halogens is 2. The van der Waals surface area contributed by atoms with Crippen LogP contribution in [0.2, 0.25) is 10.0 Å². The number of rotatable bonds is 5. The van der Waals surface area contributed by atoms with Gasteiger partial charge in [0.15, 0.2) is 6.10 Å². The Kier molecular flexibility index (Phi) is 4.92. The van der Waals surface area contributed by atoms with Crippen molar-refractivity contribution >= 4 is 34.8 Å². The van der Waals surface area contributed by atoms with Crippen LogP contribution in [0.5, 0.6) is 5.75 Å². The van der Waals surface area contributed by atoms with Crippen molar-refractivity contribution in [1.82, 2.24) is 9.38 Å². The fraction of sp³-hybridized carbons (Fsp3) is 0.176. The van der Waals surface area contributed by atoms with Gasteiger partial charge in [-0.05, 0) is 37.3 Å². The van der Waals surface area contributed by atoms with Crippen LogP contribution < -0.4 is 4.74 Å². The topological polar surface area (TPSA) is 52.8 Å². The lowest BCUT2D eigenvalue weighted by Gasteiger charge is -2.13. The number of imidazole rings is 1. The maximum absolute atomic E-state index is 12.0. The van der Waals surface area contributed by atoms with Gasteiger partial charge in [0.1, 0.15) is 18.0 Å². The first-order valence-corrected chi connectivity index (χ1v) is 7.99. The highest BCUT2D eigenvalue weighted by molar-refractivity contribution is 6.30. The standard InChI is InChI=1S/C17H14Cl2N2O3/c1-11(24-15-4-2-3-12(18)7-15)17(22)23-10-14-9-21-8-13(19)5-6-16(21)20-14/h2-9,11H,10H2,1H3/t11-/m1/s1. The van der Waals surface area contributed by atoms with Gasteiger partial charge in [-0.25, -0.2) is 9.78 Å². The van der Waals surface area contributed by atoms with Crippen molar-refractivity contribution in [1.29, 1.82) is 0 Å². The lowest BCUT2D eigenvalue weighted by atomic mass is 10.3. The van der Waals surface area contributed by atoms with E-state index in [9.17, 15) is 4.79 Å². The minimum absolute atomic E-state index is 0.0569. The van der Waals surface area contributed by atoms with Gasteiger partial charge in [-0.15, -0.1) is 0 Å². The molecule has 0 aliphatic rings. The Hall–Kier alpha value is -2.24. The zero-order valence-electron chi connectivity index (χ0n) is 12.8. The molecule has 0 aliphatic heterocycles. The molecule has 0 bridgehead atoms. The molecule has 7 heteroatoms. The van der Waals surface area contributed by atoms with Gasteiger partial charge in [0, 0.05) is 17.4 Å². The highest BCUT2D eigenvalue weighted by atomic mass is 35.5. The maximum Gasteiger partial charge on any atom is 0.347 e. The van der Waals surface area contributed by atoms with Crippen LogP contribution in [-0.2, 0) is 16.1 Å². The zero-order valence-corrected chi connectivity index (χ0v) is 14.3. The van der Waals surface area contributed by atoms with Crippen LogP contribution in [0.1, 0.15) is 12.6 Å². The molecule has 0 fully saturated rings. The quantitative estimate of drug-likeness (QED) is 0.638. The molecule has 0 amide bonds. The van der Waals surface area contributed by atoms with Crippen molar-refractivity contribution in [2.75, 3.05) is 0 Å². The summed E-state index contributed by atoms with van der Waals surface area (Å²) in [6.07, 6.45) is 2.74. The van der Waals surface area contributed by atoms with E-state index in [1.54, 1.807) is 60.1 Å². The Balaban J connectivity index is 1.59. The smallest absolute Gasteiger partial charge is 0.347 e. The zero-order chi connectivity index (χ0) is 17.1. The van der Waals surface area contributed by atoms with Crippen molar-refractivity contribution in [3.63, 3.8) is 0 Å². The van der Waals surface area contributed by atoms with Gasteiger partial charge in [0.05, 0.1) is 10.7 Å². The summed E-state index contributed by atoms with van der Waals surface area (Å²) in [7, 11) is 0. The first-order valence-electron chi connectivity index (χ1n) is 7.23. The molecule has 0 saturated carbocycles. The predicted molar refractivity (Wildman–Crippen MR) is 91.5 cm³/mol. The highest BCUT2D eigenvalue weighted by Crippen LogP contribution is 2.19. The minimum Gasteiger partial charge on any atom is -0.479 e. The molecule has 5 nitrogen and oxygen atoms in total. The molecule has 0 unspecified atom stereocenters. The van der Waals surface area contributed by atoms with Crippen LogP contribution in [0.3, 0.4) is 0 Å². The molecule has 24 heavy (non-hydrogen) atoms. The molecule has 0 aliphatic carbocycles. The number of carbonyl (C=O) groups excluding carboxylic acids is 1. The molecule has 0 N–H and O–H groups in total. The Bertz CT molecular complexity index is 879. The third-order valence-electron chi connectivity index (χ3n) is 3.27. The van der Waals surface area contributed by atoms with Gasteiger partial charge >= 0.3 is 5.97 Å². The number of aromatic nitrogens is 2. The average Bonchev–Trinajstić information content (AvgIpc) is 2.94. The predicted octanol–water partition coefficient (Wildman–Crippen LogP) is 4.15. The van der Waals surface area contributed by atoms with Crippen LogP contribution in [0.4, 0.5) is 0 Å². The average molecular weight is 365 g/mol. The van der Waals surface area contributed by atoms with E-state index in [0.717, 1.165) is 5.65 Å². The van der Waals surface area contributed by atoms with Gasteiger partial charge in [-0.1, -0.05) is 29.3 Å². The van der Waals surface area contributed by atoms with E-state index in [1.807, 2.05) is 0 Å². The molecule has 1 atom stereocenters. The molecular weight excluding hydrogens is 351 g/mol. The number of pyridine rings is 1. The van der Waals surface area contributed by atoms with Crippen molar-refractivity contribution in [3.05, 3.63) is 64.5 Å². The second-order valence-corrected chi connectivity index (χ2v) is 6.04. The summed E-state index contributed by atoms with van der Waals surface area (Å²) in [5.74, 6) is 0.0272. The first-order chi connectivity index (χ1) is 11.5. The van der Waals surface area contributed by atoms with E-state index >= 15 is 0 Å². The summed E-state index contributed by atoms with van der Waals surface area (Å²) in [5, 5.41) is 1.14. The SMILES string of the molecule is C[C@@H](Oc1cccc(Cl)c1)C(=O)OCc1cn2cc(Cl)ccc2n1. The summed E-state index contributed by atoms with van der Waals surface area (Å²) >= 11 is 11.8. The number of carbonyl (C=O) groups is 1. The molecule has 2 aromatic heterocycles. The molecular formula is C17H14Cl2N2O3. The minimum atomic E-state index is -0.755. The van der Waals surface area contributed by atoms with Crippen molar-refractivity contribution < 1.29 is 14.3 Å². The van der Waals surface area contributed by atoms with Gasteiger partial charge in [0.25, 0.3) is 0 Å². The second kappa shape index (κ2) is 7.11. The molecule has 1 aromatic carbocycles. The van der Waals surface area contributed by atoms with E-state index < -0.39 is 12.1 Å². The highest BCUT2D eigenvalue weighted by Gasteiger charge is 2.17. The van der Waals surface area contributed by atoms with E-state index in [4.69, 9.17) is 32.7 Å². The van der Waals surface area contributed by atoms with Gasteiger partial charge in [-0.3, -0.25) is 0 Å². The molecule has 2 heterocycles. The Labute approximate surface area is 148 Å². The number of hydrogen-bond acceptors (Lipinski definition) is 4. The monoisotopic (exact) mass is 364 g/mol. The van der Waals surface area contributed by atoms with Crippen molar-refractivity contribution in [3.8, 4) is 5.75 Å². The summed E-state index contributed by atoms with van der Waals surface area (Å²) < 4.78 is 12.5. The lowest BCUT2D eigenvalue weighted by molar-refractivity contribution is -0.152. The first kappa shape index (κ1) is 16.6. The molecule has 0 saturated heterocycles. The molecule has 0 spiro atoms. The fourth-order valence-corrected chi connectivity index (χ4v) is 2.49. The number of hydrogen-bond donors (Lipinski definition) is 0. The van der Waals surface area contributed by atoms with Crippen LogP contribution in [0, 0.1) is 0 Å². The Morgan fingerprint density at radius 2 is 2.04 bits per heavy atom. The van der Waals surface area contributed by atoms with E-state index in [1.165, 1.54) is 0 Å². The Morgan fingerprint density at radius 1 is 1.21 bits per heavy atom.